The van der Waals surface area contributed by atoms with E-state index in [1.54, 1.807) is 13.0 Å². The largest absolute Gasteiger partial charge is 0.419 e. The molecule has 0 saturated heterocycles. The van der Waals surface area contributed by atoms with Crippen LogP contribution < -0.4 is 5.32 Å². The summed E-state index contributed by atoms with van der Waals surface area (Å²) in [6.07, 6.45) is -3.30. The summed E-state index contributed by atoms with van der Waals surface area (Å²) in [6, 6.07) is 4.60. The fourth-order valence-corrected chi connectivity index (χ4v) is 2.18. The van der Waals surface area contributed by atoms with Gasteiger partial charge in [0.25, 0.3) is 0 Å². The molecule has 2 aromatic heterocycles. The lowest BCUT2D eigenvalue weighted by atomic mass is 10.1. The molecule has 3 rings (SSSR count). The van der Waals surface area contributed by atoms with E-state index in [1.165, 1.54) is 16.9 Å². The lowest BCUT2D eigenvalue weighted by molar-refractivity contribution is -0.140. The molecule has 1 N–H and O–H groups in total. The lowest BCUT2D eigenvalue weighted by Gasteiger charge is -2.12. The van der Waals surface area contributed by atoms with E-state index in [-0.39, 0.29) is 6.54 Å². The smallest absolute Gasteiger partial charge is 0.378 e. The molecule has 0 aliphatic rings. The molecule has 0 spiro atoms. The van der Waals surface area contributed by atoms with E-state index in [2.05, 4.69) is 20.6 Å². The molecule has 3 aromatic rings. The summed E-state index contributed by atoms with van der Waals surface area (Å²) in [7, 11) is 0. The van der Waals surface area contributed by atoms with Crippen molar-refractivity contribution in [2.24, 2.45) is 0 Å². The fraction of sp³-hybridized carbons (Fsp3) is 0.214. The molecule has 0 saturated carbocycles. The van der Waals surface area contributed by atoms with E-state index < -0.39 is 17.6 Å². The van der Waals surface area contributed by atoms with E-state index in [0.29, 0.717) is 22.6 Å². The van der Waals surface area contributed by atoms with Crippen molar-refractivity contribution >= 4 is 11.3 Å². The third kappa shape index (κ3) is 3.08. The van der Waals surface area contributed by atoms with E-state index >= 15 is 0 Å². The predicted molar refractivity (Wildman–Crippen MR) is 74.2 cm³/mol. The van der Waals surface area contributed by atoms with Crippen LogP contribution in [-0.2, 0) is 12.7 Å². The number of nitrogens with one attached hydrogen (secondary N) is 1. The second-order valence-electron chi connectivity index (χ2n) is 4.96. The summed E-state index contributed by atoms with van der Waals surface area (Å²) in [5.41, 5.74) is 0.734. The Morgan fingerprint density at radius 3 is 2.74 bits per heavy atom. The zero-order valence-electron chi connectivity index (χ0n) is 11.9. The minimum absolute atomic E-state index is 0.0787. The van der Waals surface area contributed by atoms with Gasteiger partial charge >= 0.3 is 6.18 Å². The topological polar surface area (TPSA) is 55.1 Å². The molecule has 5 nitrogen and oxygen atoms in total. The first-order valence-electron chi connectivity index (χ1n) is 6.62. The van der Waals surface area contributed by atoms with Gasteiger partial charge < -0.3 is 5.32 Å². The van der Waals surface area contributed by atoms with E-state index in [4.69, 9.17) is 0 Å². The van der Waals surface area contributed by atoms with Gasteiger partial charge in [0, 0.05) is 6.54 Å². The van der Waals surface area contributed by atoms with Crippen LogP contribution in [0.25, 0.3) is 5.65 Å². The molecule has 9 heteroatoms. The fourth-order valence-electron chi connectivity index (χ4n) is 2.18. The first-order valence-corrected chi connectivity index (χ1v) is 6.62. The minimum Gasteiger partial charge on any atom is -0.378 e. The summed E-state index contributed by atoms with van der Waals surface area (Å²) in [5.74, 6) is -1.29. The highest BCUT2D eigenvalue weighted by atomic mass is 19.4. The summed E-state index contributed by atoms with van der Waals surface area (Å²) in [4.78, 5) is 0. The molecule has 0 fully saturated rings. The molecule has 0 aliphatic heterocycles. The molecular weight excluding hydrogens is 314 g/mol. The highest BCUT2D eigenvalue weighted by Gasteiger charge is 2.34. The Kier molecular flexibility index (Phi) is 3.63. The highest BCUT2D eigenvalue weighted by molar-refractivity contribution is 5.66. The zero-order valence-corrected chi connectivity index (χ0v) is 11.9. The van der Waals surface area contributed by atoms with Gasteiger partial charge in [0.05, 0.1) is 16.9 Å². The van der Waals surface area contributed by atoms with Crippen molar-refractivity contribution in [1.29, 1.82) is 0 Å². The molecule has 120 valence electrons. The van der Waals surface area contributed by atoms with Gasteiger partial charge in [-0.2, -0.15) is 22.8 Å². The summed E-state index contributed by atoms with van der Waals surface area (Å²) in [6.45, 7) is 1.85. The van der Waals surface area contributed by atoms with Crippen LogP contribution in [0, 0.1) is 12.7 Å². The number of alkyl halides is 3. The van der Waals surface area contributed by atoms with Crippen molar-refractivity contribution in [2.75, 3.05) is 5.32 Å². The van der Waals surface area contributed by atoms with Gasteiger partial charge in [-0.1, -0.05) is 6.07 Å². The average Bonchev–Trinajstić information content (AvgIpc) is 2.93. The van der Waals surface area contributed by atoms with Crippen molar-refractivity contribution in [2.45, 2.75) is 19.6 Å². The zero-order chi connectivity index (χ0) is 16.6. The summed E-state index contributed by atoms with van der Waals surface area (Å²) >= 11 is 0. The lowest BCUT2D eigenvalue weighted by Crippen LogP contribution is -2.10. The van der Waals surface area contributed by atoms with Crippen LogP contribution in [0.15, 0.2) is 30.6 Å². The van der Waals surface area contributed by atoms with Gasteiger partial charge in [-0.15, -0.1) is 10.2 Å². The van der Waals surface area contributed by atoms with E-state index in [0.717, 1.165) is 12.1 Å². The van der Waals surface area contributed by atoms with Gasteiger partial charge in [-0.3, -0.25) is 0 Å². The van der Waals surface area contributed by atoms with Crippen molar-refractivity contribution in [3.63, 3.8) is 0 Å². The number of halogens is 4. The van der Waals surface area contributed by atoms with Crippen molar-refractivity contribution < 1.29 is 17.6 Å². The summed E-state index contributed by atoms with van der Waals surface area (Å²) in [5, 5.41) is 14.8. The van der Waals surface area contributed by atoms with Crippen LogP contribution >= 0.6 is 0 Å². The Morgan fingerprint density at radius 2 is 2.00 bits per heavy atom. The van der Waals surface area contributed by atoms with E-state index in [1.807, 2.05) is 0 Å². The van der Waals surface area contributed by atoms with Gasteiger partial charge in [0.15, 0.2) is 0 Å². The Balaban J connectivity index is 1.87. The number of aromatic nitrogens is 4. The molecule has 0 amide bonds. The van der Waals surface area contributed by atoms with Crippen LogP contribution in [0.2, 0.25) is 0 Å². The third-order valence-electron chi connectivity index (χ3n) is 3.21. The number of hydrogen-bond acceptors (Lipinski definition) is 4. The number of nitrogens with zero attached hydrogens (tertiary/aromatic N) is 4. The second-order valence-corrected chi connectivity index (χ2v) is 4.96. The van der Waals surface area contributed by atoms with Crippen molar-refractivity contribution in [3.05, 3.63) is 53.2 Å². The number of hydrogen-bond donors (Lipinski definition) is 1. The summed E-state index contributed by atoms with van der Waals surface area (Å²) < 4.78 is 52.9. The van der Waals surface area contributed by atoms with Gasteiger partial charge in [0.1, 0.15) is 12.1 Å². The van der Waals surface area contributed by atoms with E-state index in [9.17, 15) is 17.6 Å². The maximum absolute atomic E-state index is 13.3. The number of rotatable bonds is 3. The number of benzene rings is 1. The number of fused-ring (bicyclic) bond motifs is 1. The quantitative estimate of drug-likeness (QED) is 0.751. The molecule has 0 aliphatic carbocycles. The average molecular weight is 325 g/mol. The molecule has 0 atom stereocenters. The van der Waals surface area contributed by atoms with Gasteiger partial charge in [-0.05, 0) is 30.7 Å². The van der Waals surface area contributed by atoms with Gasteiger partial charge in [-0.25, -0.2) is 4.39 Å². The van der Waals surface area contributed by atoms with Crippen molar-refractivity contribution in [3.8, 4) is 0 Å². The third-order valence-corrected chi connectivity index (χ3v) is 3.21. The molecular formula is C14H11F4N5. The minimum atomic E-state index is -4.73. The molecule has 0 unspecified atom stereocenters. The maximum atomic E-state index is 13.3. The molecule has 1 aromatic carbocycles. The van der Waals surface area contributed by atoms with Gasteiger partial charge in [0.2, 0.25) is 5.65 Å². The van der Waals surface area contributed by atoms with Crippen LogP contribution in [-0.4, -0.2) is 19.8 Å². The van der Waals surface area contributed by atoms with Crippen LogP contribution in [0.1, 0.15) is 16.8 Å². The molecule has 23 heavy (non-hydrogen) atoms. The monoisotopic (exact) mass is 325 g/mol. The first-order chi connectivity index (χ1) is 10.8. The van der Waals surface area contributed by atoms with Crippen molar-refractivity contribution in [1.82, 2.24) is 19.8 Å². The van der Waals surface area contributed by atoms with Crippen LogP contribution in [0.4, 0.5) is 23.2 Å². The SMILES string of the molecule is Cc1cc(NCc2ccc(F)c(C(F)(F)F)c2)c2nncn2n1. The van der Waals surface area contributed by atoms with Crippen LogP contribution in [0.5, 0.6) is 0 Å². The number of aryl methyl sites for hydroxylation is 1. The Morgan fingerprint density at radius 1 is 1.22 bits per heavy atom. The molecule has 0 bridgehead atoms. The second kappa shape index (κ2) is 5.49. The van der Waals surface area contributed by atoms with Crippen LogP contribution in [0.3, 0.4) is 0 Å². The predicted octanol–water partition coefficient (Wildman–Crippen LogP) is 3.20. The maximum Gasteiger partial charge on any atom is 0.419 e. The molecule has 2 heterocycles. The molecule has 0 radical (unpaired) electrons. The Bertz CT molecular complexity index is 856. The normalized spacial score (nSPS) is 11.9. The Labute approximate surface area is 128 Å². The Hall–Kier alpha value is -2.71. The number of anilines is 1. The highest BCUT2D eigenvalue weighted by Crippen LogP contribution is 2.32. The standard InChI is InChI=1S/C14H11F4N5/c1-8-4-12(13-21-20-7-23(13)22-8)19-6-9-2-3-11(15)10(5-9)14(16,17)18/h2-5,7,19H,6H2,1H3. The first kappa shape index (κ1) is 15.2.